The summed E-state index contributed by atoms with van der Waals surface area (Å²) in [6.45, 7) is 0.230. The first-order valence-corrected chi connectivity index (χ1v) is 7.51. The summed E-state index contributed by atoms with van der Waals surface area (Å²) in [6, 6.07) is 5.03. The number of hydrogen-bond acceptors (Lipinski definition) is 7. The lowest BCUT2D eigenvalue weighted by Gasteiger charge is -2.11. The van der Waals surface area contributed by atoms with E-state index in [0.29, 0.717) is 24.2 Å². The molecule has 126 valence electrons. The maximum Gasteiger partial charge on any atom is 0.295 e. The average molecular weight is 333 g/mol. The van der Waals surface area contributed by atoms with Crippen molar-refractivity contribution in [2.75, 3.05) is 23.8 Å². The van der Waals surface area contributed by atoms with Crippen LogP contribution < -0.4 is 10.6 Å². The van der Waals surface area contributed by atoms with E-state index in [1.807, 2.05) is 0 Å². The van der Waals surface area contributed by atoms with E-state index in [1.54, 1.807) is 6.07 Å². The molecule has 1 fully saturated rings. The van der Waals surface area contributed by atoms with E-state index in [9.17, 15) is 14.5 Å². The smallest absolute Gasteiger partial charge is 0.295 e. The van der Waals surface area contributed by atoms with Crippen LogP contribution in [0.3, 0.4) is 0 Å². The molecule has 0 atom stereocenters. The summed E-state index contributed by atoms with van der Waals surface area (Å²) in [5, 5.41) is 25.7. The van der Waals surface area contributed by atoms with Gasteiger partial charge in [0.05, 0.1) is 23.3 Å². The Balaban J connectivity index is 1.91. The number of aliphatic hydroxyl groups is 1. The van der Waals surface area contributed by atoms with Crippen LogP contribution in [0.4, 0.5) is 27.5 Å². The zero-order chi connectivity index (χ0) is 17.1. The number of nitrogens with zero attached hydrogens (tertiary/aromatic N) is 3. The van der Waals surface area contributed by atoms with Gasteiger partial charge >= 0.3 is 0 Å². The number of aliphatic hydroxyl groups excluding tert-OH is 1. The minimum atomic E-state index is -0.682. The molecule has 0 radical (unpaired) electrons. The second-order valence-electron chi connectivity index (χ2n) is 5.47. The number of nitrogens with one attached hydrogen (secondary N) is 2. The molecular weight excluding hydrogens is 317 g/mol. The lowest BCUT2D eigenvalue weighted by Crippen LogP contribution is -2.11. The first kappa shape index (κ1) is 16.1. The summed E-state index contributed by atoms with van der Waals surface area (Å²) in [5.74, 6) is 0.383. The molecule has 0 unspecified atom stereocenters. The van der Waals surface area contributed by atoms with Gasteiger partial charge in [0.15, 0.2) is 0 Å². The number of rotatable bonds is 7. The molecule has 0 aliphatic heterocycles. The minimum absolute atomic E-state index is 0.0663. The Kier molecular flexibility index (Phi) is 4.52. The van der Waals surface area contributed by atoms with E-state index >= 15 is 0 Å². The molecule has 0 spiro atoms. The molecule has 2 aromatic rings. The number of nitro groups is 1. The molecule has 8 nitrogen and oxygen atoms in total. The van der Waals surface area contributed by atoms with Crippen LogP contribution in [-0.2, 0) is 0 Å². The molecule has 0 amide bonds. The van der Waals surface area contributed by atoms with Gasteiger partial charge in [0.2, 0.25) is 5.95 Å². The third-order valence-corrected chi connectivity index (χ3v) is 3.56. The SMILES string of the molecule is O=[N+]([O-])c1cc(F)ccc1Nc1cc(C2CC2)nc(NCCO)n1. The van der Waals surface area contributed by atoms with Crippen LogP contribution in [0.1, 0.15) is 24.5 Å². The zero-order valence-electron chi connectivity index (χ0n) is 12.7. The van der Waals surface area contributed by atoms with Crippen molar-refractivity contribution in [1.29, 1.82) is 0 Å². The molecule has 24 heavy (non-hydrogen) atoms. The fraction of sp³-hybridized carbons (Fsp3) is 0.333. The highest BCUT2D eigenvalue weighted by Gasteiger charge is 2.26. The maximum absolute atomic E-state index is 13.2. The molecule has 1 heterocycles. The topological polar surface area (TPSA) is 113 Å². The summed E-state index contributed by atoms with van der Waals surface area (Å²) in [6.07, 6.45) is 2.07. The molecule has 3 N–H and O–H groups in total. The first-order valence-electron chi connectivity index (χ1n) is 7.51. The van der Waals surface area contributed by atoms with Gasteiger partial charge in [0.25, 0.3) is 5.69 Å². The number of benzene rings is 1. The fourth-order valence-electron chi connectivity index (χ4n) is 2.26. The molecule has 1 aliphatic rings. The Morgan fingerprint density at radius 1 is 1.33 bits per heavy atom. The molecule has 1 aliphatic carbocycles. The summed E-state index contributed by atoms with van der Waals surface area (Å²) >= 11 is 0. The zero-order valence-corrected chi connectivity index (χ0v) is 12.7. The van der Waals surface area contributed by atoms with Crippen LogP contribution in [-0.4, -0.2) is 33.1 Å². The number of anilines is 3. The van der Waals surface area contributed by atoms with Crippen LogP contribution in [0, 0.1) is 15.9 Å². The Morgan fingerprint density at radius 2 is 2.12 bits per heavy atom. The van der Waals surface area contributed by atoms with Gasteiger partial charge in [-0.25, -0.2) is 9.37 Å². The molecule has 0 bridgehead atoms. The second kappa shape index (κ2) is 6.75. The maximum atomic E-state index is 13.2. The van der Waals surface area contributed by atoms with Crippen molar-refractivity contribution >= 4 is 23.1 Å². The van der Waals surface area contributed by atoms with E-state index < -0.39 is 10.7 Å². The van der Waals surface area contributed by atoms with Gasteiger partial charge in [-0.3, -0.25) is 10.1 Å². The van der Waals surface area contributed by atoms with Crippen LogP contribution in [0.5, 0.6) is 0 Å². The van der Waals surface area contributed by atoms with Crippen LogP contribution in [0.25, 0.3) is 0 Å². The van der Waals surface area contributed by atoms with Gasteiger partial charge < -0.3 is 15.7 Å². The van der Waals surface area contributed by atoms with Gasteiger partial charge in [0, 0.05) is 18.5 Å². The molecule has 1 aromatic heterocycles. The van der Waals surface area contributed by atoms with Crippen molar-refractivity contribution in [3.8, 4) is 0 Å². The highest BCUT2D eigenvalue weighted by atomic mass is 19.1. The number of halogens is 1. The van der Waals surface area contributed by atoms with Crippen LogP contribution in [0.15, 0.2) is 24.3 Å². The van der Waals surface area contributed by atoms with Crippen molar-refractivity contribution in [1.82, 2.24) is 9.97 Å². The Labute approximate surface area is 136 Å². The highest BCUT2D eigenvalue weighted by Crippen LogP contribution is 2.40. The van der Waals surface area contributed by atoms with E-state index in [1.165, 1.54) is 6.07 Å². The van der Waals surface area contributed by atoms with Gasteiger partial charge in [-0.15, -0.1) is 0 Å². The summed E-state index contributed by atoms with van der Waals surface area (Å²) in [7, 11) is 0. The van der Waals surface area contributed by atoms with E-state index in [2.05, 4.69) is 20.6 Å². The van der Waals surface area contributed by atoms with Crippen LogP contribution >= 0.6 is 0 Å². The molecule has 1 aromatic carbocycles. The molecule has 9 heteroatoms. The van der Waals surface area contributed by atoms with Crippen molar-refractivity contribution in [3.05, 3.63) is 45.9 Å². The van der Waals surface area contributed by atoms with Crippen molar-refractivity contribution < 1.29 is 14.4 Å². The summed E-state index contributed by atoms with van der Waals surface area (Å²) in [4.78, 5) is 19.0. The normalized spacial score (nSPS) is 13.6. The third-order valence-electron chi connectivity index (χ3n) is 3.56. The number of aromatic nitrogens is 2. The Morgan fingerprint density at radius 3 is 2.79 bits per heavy atom. The Bertz CT molecular complexity index is 767. The molecule has 3 rings (SSSR count). The molecule has 1 saturated carbocycles. The molecule has 0 saturated heterocycles. The van der Waals surface area contributed by atoms with E-state index in [-0.39, 0.29) is 18.0 Å². The predicted molar refractivity (Wildman–Crippen MR) is 85.9 cm³/mol. The summed E-state index contributed by atoms with van der Waals surface area (Å²) in [5.41, 5.74) is 0.610. The van der Waals surface area contributed by atoms with Gasteiger partial charge in [-0.2, -0.15) is 4.98 Å². The summed E-state index contributed by atoms with van der Waals surface area (Å²) < 4.78 is 13.2. The number of nitro benzene ring substituents is 1. The minimum Gasteiger partial charge on any atom is -0.395 e. The Hall–Kier alpha value is -2.81. The quantitative estimate of drug-likeness (QED) is 0.527. The van der Waals surface area contributed by atoms with Gasteiger partial charge in [0.1, 0.15) is 17.3 Å². The van der Waals surface area contributed by atoms with Gasteiger partial charge in [-0.05, 0) is 25.0 Å². The van der Waals surface area contributed by atoms with Crippen molar-refractivity contribution in [2.24, 2.45) is 0 Å². The monoisotopic (exact) mass is 333 g/mol. The van der Waals surface area contributed by atoms with Crippen molar-refractivity contribution in [2.45, 2.75) is 18.8 Å². The van der Waals surface area contributed by atoms with Crippen LogP contribution in [0.2, 0.25) is 0 Å². The van der Waals surface area contributed by atoms with Gasteiger partial charge in [-0.1, -0.05) is 0 Å². The number of hydrogen-bond donors (Lipinski definition) is 3. The predicted octanol–water partition coefficient (Wildman–Crippen LogP) is 2.55. The fourth-order valence-corrected chi connectivity index (χ4v) is 2.26. The lowest BCUT2D eigenvalue weighted by atomic mass is 10.2. The lowest BCUT2D eigenvalue weighted by molar-refractivity contribution is -0.384. The second-order valence-corrected chi connectivity index (χ2v) is 5.47. The average Bonchev–Trinajstić information content (AvgIpc) is 3.39. The van der Waals surface area contributed by atoms with E-state index in [4.69, 9.17) is 5.11 Å². The standard InChI is InChI=1S/C15H16FN5O3/c16-10-3-4-11(13(7-10)21(23)24)18-14-8-12(9-1-2-9)19-15(20-14)17-5-6-22/h3-4,7-9,22H,1-2,5-6H2,(H2,17,18,19,20). The highest BCUT2D eigenvalue weighted by molar-refractivity contribution is 5.68. The van der Waals surface area contributed by atoms with Crippen molar-refractivity contribution in [3.63, 3.8) is 0 Å². The third kappa shape index (κ3) is 3.74. The first-order chi connectivity index (χ1) is 11.6. The molecular formula is C15H16FN5O3. The largest absolute Gasteiger partial charge is 0.395 e. The van der Waals surface area contributed by atoms with E-state index in [0.717, 1.165) is 30.7 Å².